The third kappa shape index (κ3) is 11.8. The zero-order valence-electron chi connectivity index (χ0n) is 38.3. The Bertz CT molecular complexity index is 2130. The van der Waals surface area contributed by atoms with Crippen LogP contribution in [0.5, 0.6) is 23.0 Å². The summed E-state index contributed by atoms with van der Waals surface area (Å²) in [7, 11) is 0. The molecule has 4 aromatic rings. The summed E-state index contributed by atoms with van der Waals surface area (Å²) in [5.41, 5.74) is 6.48. The summed E-state index contributed by atoms with van der Waals surface area (Å²) >= 11 is 0. The second kappa shape index (κ2) is 16.9. The minimum Gasteiger partial charge on any atom is -0.508 e. The maximum atomic E-state index is 13.5. The van der Waals surface area contributed by atoms with Gasteiger partial charge < -0.3 is 31.1 Å². The van der Waals surface area contributed by atoms with E-state index in [1.807, 2.05) is 45.0 Å². The van der Waals surface area contributed by atoms with Crippen molar-refractivity contribution in [3.63, 3.8) is 0 Å². The molecule has 4 rings (SSSR count). The molecule has 0 aliphatic rings. The highest BCUT2D eigenvalue weighted by Gasteiger charge is 2.29. The number of benzene rings is 4. The number of aryl methyl sites for hydroxylation is 2. The van der Waals surface area contributed by atoms with E-state index in [4.69, 9.17) is 0 Å². The normalized spacial score (nSPS) is 12.7. The van der Waals surface area contributed by atoms with Gasteiger partial charge in [-0.25, -0.2) is 0 Å². The Kier molecular flexibility index (Phi) is 13.4. The third-order valence-corrected chi connectivity index (χ3v) is 10.9. The average Bonchev–Trinajstić information content (AvgIpc) is 3.07. The highest BCUT2D eigenvalue weighted by molar-refractivity contribution is 5.92. The van der Waals surface area contributed by atoms with E-state index in [2.05, 4.69) is 93.7 Å². The van der Waals surface area contributed by atoms with Crippen molar-refractivity contribution in [2.45, 2.75) is 163 Å². The Balaban J connectivity index is 1.54. The summed E-state index contributed by atoms with van der Waals surface area (Å²) < 4.78 is 0. The number of carbonyl (C=O) groups excluding carboxylic acids is 2. The van der Waals surface area contributed by atoms with E-state index < -0.39 is 5.41 Å². The van der Waals surface area contributed by atoms with Gasteiger partial charge in [0.05, 0.1) is 0 Å². The summed E-state index contributed by atoms with van der Waals surface area (Å²) in [6.07, 6.45) is 1.53. The van der Waals surface area contributed by atoms with E-state index in [-0.39, 0.29) is 64.2 Å². The molecule has 0 heterocycles. The van der Waals surface area contributed by atoms with Crippen molar-refractivity contribution >= 4 is 23.2 Å². The highest BCUT2D eigenvalue weighted by atomic mass is 16.3. The monoisotopic (exact) mass is 807 g/mol. The molecular weight excluding hydrogens is 737 g/mol. The molecule has 59 heavy (non-hydrogen) atoms. The molecule has 0 aromatic heterocycles. The lowest BCUT2D eigenvalue weighted by atomic mass is 9.78. The van der Waals surface area contributed by atoms with Crippen molar-refractivity contribution in [1.82, 2.24) is 0 Å². The van der Waals surface area contributed by atoms with Crippen LogP contribution in [0, 0.1) is 0 Å². The topological polar surface area (TPSA) is 139 Å². The molecule has 0 atom stereocenters. The molecule has 0 fully saturated rings. The zero-order chi connectivity index (χ0) is 44.6. The number of hydrogen-bond donors (Lipinski definition) is 6. The first-order chi connectivity index (χ1) is 26.9. The molecule has 8 nitrogen and oxygen atoms in total. The first kappa shape index (κ1) is 46.7. The van der Waals surface area contributed by atoms with Gasteiger partial charge in [0, 0.05) is 47.3 Å². The molecule has 8 heteroatoms. The fraction of sp³-hybridized carbons (Fsp3) is 0.490. The maximum absolute atomic E-state index is 13.5. The summed E-state index contributed by atoms with van der Waals surface area (Å²) in [6.45, 7) is 30.7. The van der Waals surface area contributed by atoms with Gasteiger partial charge in [0.25, 0.3) is 0 Å². The molecular formula is C51H70N2O6. The number of hydrogen-bond acceptors (Lipinski definition) is 6. The number of carbonyl (C=O) groups is 2. The van der Waals surface area contributed by atoms with Crippen molar-refractivity contribution in [2.75, 3.05) is 10.6 Å². The molecule has 0 spiro atoms. The van der Waals surface area contributed by atoms with Crippen LogP contribution in [-0.2, 0) is 55.9 Å². The third-order valence-electron chi connectivity index (χ3n) is 10.9. The van der Waals surface area contributed by atoms with Crippen molar-refractivity contribution in [3.05, 3.63) is 105 Å². The summed E-state index contributed by atoms with van der Waals surface area (Å²) in [5.74, 6) is 0.325. The fourth-order valence-electron chi connectivity index (χ4n) is 7.41. The van der Waals surface area contributed by atoms with Crippen LogP contribution in [0.3, 0.4) is 0 Å². The molecule has 0 aliphatic heterocycles. The van der Waals surface area contributed by atoms with Crippen LogP contribution < -0.4 is 10.6 Å². The Morgan fingerprint density at radius 1 is 0.441 bits per heavy atom. The molecule has 320 valence electrons. The van der Waals surface area contributed by atoms with Crippen molar-refractivity contribution in [2.24, 2.45) is 0 Å². The van der Waals surface area contributed by atoms with Crippen LogP contribution in [0.25, 0.3) is 0 Å². The standard InChI is InChI=1S/C51H70N2O6/c1-47(2,3)36-22-30(23-37(45(36)58)48(4,5)6)16-20-42(55)52-34-18-19-41(54)32(27-34)26-33-28-35(29-40(44(33)57)51(13,14)15)53-43(56)21-17-31-24-38(49(7,8)9)46(59)39(25-31)50(10,11)12/h18-19,22-25,27-29,54,57-59H,16-17,20-21,26H2,1-15H3,(H,52,55)(H,53,56). The molecule has 0 radical (unpaired) electrons. The molecule has 6 N–H and O–H groups in total. The Morgan fingerprint density at radius 2 is 0.780 bits per heavy atom. The van der Waals surface area contributed by atoms with Crippen LogP contribution in [0.4, 0.5) is 11.4 Å². The Morgan fingerprint density at radius 3 is 1.15 bits per heavy atom. The molecule has 0 saturated carbocycles. The Hall–Kier alpha value is -4.98. The predicted octanol–water partition coefficient (Wildman–Crippen LogP) is 11.7. The molecule has 2 amide bonds. The zero-order valence-corrected chi connectivity index (χ0v) is 38.3. The SMILES string of the molecule is CC(C)(C)c1cc(NC(=O)CCc2cc(C(C)(C)C)c(O)c(C(C)(C)C)c2)cc(Cc2cc(NC(=O)CCc3cc(C(C)(C)C)c(O)c(C(C)(C)C)c3)ccc2O)c1O. The van der Waals surface area contributed by atoms with Gasteiger partial charge in [-0.3, -0.25) is 9.59 Å². The van der Waals surface area contributed by atoms with Crippen LogP contribution in [0.15, 0.2) is 54.6 Å². The number of aromatic hydroxyl groups is 4. The maximum Gasteiger partial charge on any atom is 0.224 e. The number of phenolic OH excluding ortho intramolecular Hbond substituents is 4. The number of phenols is 4. The first-order valence-electron chi connectivity index (χ1n) is 20.9. The second-order valence-electron chi connectivity index (χ2n) is 21.5. The quantitative estimate of drug-likeness (QED) is 0.0882. The molecule has 0 bridgehead atoms. The van der Waals surface area contributed by atoms with Gasteiger partial charge in [-0.1, -0.05) is 128 Å². The van der Waals surface area contributed by atoms with Crippen molar-refractivity contribution in [3.8, 4) is 23.0 Å². The van der Waals surface area contributed by atoms with Crippen LogP contribution in [0.1, 0.15) is 167 Å². The van der Waals surface area contributed by atoms with E-state index in [1.54, 1.807) is 24.3 Å². The van der Waals surface area contributed by atoms with Crippen LogP contribution in [-0.4, -0.2) is 32.2 Å². The Labute approximate surface area is 353 Å². The largest absolute Gasteiger partial charge is 0.508 e. The van der Waals surface area contributed by atoms with Gasteiger partial charge in [0.1, 0.15) is 23.0 Å². The fourth-order valence-corrected chi connectivity index (χ4v) is 7.41. The highest BCUT2D eigenvalue weighted by Crippen LogP contribution is 2.42. The lowest BCUT2D eigenvalue weighted by molar-refractivity contribution is -0.117. The number of amides is 2. The number of nitrogens with one attached hydrogen (secondary N) is 2. The smallest absolute Gasteiger partial charge is 0.224 e. The predicted molar refractivity (Wildman–Crippen MR) is 243 cm³/mol. The van der Waals surface area contributed by atoms with Gasteiger partial charge in [0.15, 0.2) is 0 Å². The van der Waals surface area contributed by atoms with E-state index >= 15 is 0 Å². The summed E-state index contributed by atoms with van der Waals surface area (Å²) in [4.78, 5) is 26.8. The number of anilines is 2. The molecule has 4 aromatic carbocycles. The van der Waals surface area contributed by atoms with Gasteiger partial charge in [-0.15, -0.1) is 0 Å². The van der Waals surface area contributed by atoms with Crippen LogP contribution >= 0.6 is 0 Å². The van der Waals surface area contributed by atoms with E-state index in [9.17, 15) is 30.0 Å². The molecule has 0 unspecified atom stereocenters. The van der Waals surface area contributed by atoms with Crippen LogP contribution in [0.2, 0.25) is 0 Å². The van der Waals surface area contributed by atoms with Gasteiger partial charge in [0.2, 0.25) is 11.8 Å². The first-order valence-corrected chi connectivity index (χ1v) is 20.9. The lowest BCUT2D eigenvalue weighted by Crippen LogP contribution is -2.19. The van der Waals surface area contributed by atoms with E-state index in [0.717, 1.165) is 33.4 Å². The minimum absolute atomic E-state index is 0.0146. The lowest BCUT2D eigenvalue weighted by Gasteiger charge is -2.28. The van der Waals surface area contributed by atoms with Crippen molar-refractivity contribution < 1.29 is 30.0 Å². The molecule has 0 aliphatic carbocycles. The summed E-state index contributed by atoms with van der Waals surface area (Å²) in [5, 5.41) is 50.8. The van der Waals surface area contributed by atoms with E-state index in [1.165, 1.54) is 6.07 Å². The van der Waals surface area contributed by atoms with Gasteiger partial charge in [-0.2, -0.15) is 0 Å². The number of rotatable bonds is 10. The van der Waals surface area contributed by atoms with Gasteiger partial charge >= 0.3 is 0 Å². The van der Waals surface area contributed by atoms with Crippen molar-refractivity contribution in [1.29, 1.82) is 0 Å². The summed E-state index contributed by atoms with van der Waals surface area (Å²) in [6, 6.07) is 16.4. The average molecular weight is 807 g/mol. The van der Waals surface area contributed by atoms with Gasteiger partial charge in [-0.05, 0) is 104 Å². The minimum atomic E-state index is -0.463. The molecule has 0 saturated heterocycles. The van der Waals surface area contributed by atoms with E-state index in [0.29, 0.717) is 52.4 Å². The second-order valence-corrected chi connectivity index (χ2v) is 21.5.